The zero-order valence-electron chi connectivity index (χ0n) is 17.4. The molecule has 0 amide bonds. The van der Waals surface area contributed by atoms with Crippen molar-refractivity contribution in [2.45, 2.75) is 6.54 Å². The van der Waals surface area contributed by atoms with Crippen molar-refractivity contribution in [3.63, 3.8) is 0 Å². The van der Waals surface area contributed by atoms with Crippen LogP contribution in [0.5, 0.6) is 5.75 Å². The maximum absolute atomic E-state index is 6.24. The van der Waals surface area contributed by atoms with Gasteiger partial charge in [0.2, 0.25) is 11.9 Å². The van der Waals surface area contributed by atoms with Crippen LogP contribution in [0.4, 0.5) is 11.8 Å². The van der Waals surface area contributed by atoms with Gasteiger partial charge in [0.05, 0.1) is 12.8 Å². The number of methoxy groups -OCH3 is 1. The fraction of sp³-hybridized carbons (Fsp3) is 0.0833. The Kier molecular flexibility index (Phi) is 5.09. The summed E-state index contributed by atoms with van der Waals surface area (Å²) in [5.74, 6) is 2.02. The average Bonchev–Trinajstić information content (AvgIpc) is 3.24. The molecule has 3 aromatic heterocycles. The van der Waals surface area contributed by atoms with Gasteiger partial charge in [-0.15, -0.1) is 0 Å². The number of anilines is 2. The van der Waals surface area contributed by atoms with Crippen LogP contribution in [0.1, 0.15) is 5.56 Å². The van der Waals surface area contributed by atoms with E-state index in [1.807, 2.05) is 54.7 Å². The van der Waals surface area contributed by atoms with Crippen LogP contribution >= 0.6 is 0 Å². The molecule has 3 heterocycles. The third kappa shape index (κ3) is 3.69. The normalized spacial score (nSPS) is 10.9. The van der Waals surface area contributed by atoms with Crippen LogP contribution in [0.3, 0.4) is 0 Å². The molecule has 0 radical (unpaired) electrons. The Morgan fingerprint density at radius 3 is 2.62 bits per heavy atom. The lowest BCUT2D eigenvalue weighted by Crippen LogP contribution is -2.09. The highest BCUT2D eigenvalue weighted by Gasteiger charge is 2.16. The van der Waals surface area contributed by atoms with Crippen LogP contribution in [0.2, 0.25) is 0 Å². The van der Waals surface area contributed by atoms with Gasteiger partial charge in [-0.1, -0.05) is 36.4 Å². The highest BCUT2D eigenvalue weighted by Crippen LogP contribution is 2.30. The molecular formula is C24H21N7O. The molecule has 32 heavy (non-hydrogen) atoms. The molecule has 5 aromatic rings. The number of rotatable bonds is 6. The third-order valence-corrected chi connectivity index (χ3v) is 5.11. The molecule has 0 saturated heterocycles. The predicted octanol–water partition coefficient (Wildman–Crippen LogP) is 4.08. The first-order chi connectivity index (χ1) is 15.7. The third-order valence-electron chi connectivity index (χ3n) is 5.11. The second-order valence-corrected chi connectivity index (χ2v) is 7.16. The number of benzene rings is 2. The molecule has 0 fully saturated rings. The molecule has 0 aliphatic carbocycles. The van der Waals surface area contributed by atoms with Gasteiger partial charge in [-0.2, -0.15) is 4.98 Å². The second kappa shape index (κ2) is 8.35. The maximum Gasteiger partial charge on any atom is 0.239 e. The molecule has 0 bridgehead atoms. The van der Waals surface area contributed by atoms with E-state index in [2.05, 4.69) is 27.4 Å². The zero-order chi connectivity index (χ0) is 21.9. The first kappa shape index (κ1) is 19.5. The number of para-hydroxylation sites is 1. The highest BCUT2D eigenvalue weighted by molar-refractivity contribution is 5.93. The molecule has 0 aliphatic rings. The lowest BCUT2D eigenvalue weighted by Gasteiger charge is -2.13. The summed E-state index contributed by atoms with van der Waals surface area (Å²) in [5.41, 5.74) is 9.62. The maximum atomic E-state index is 6.24. The van der Waals surface area contributed by atoms with E-state index < -0.39 is 0 Å². The number of nitrogens with zero attached hydrogens (tertiary/aromatic N) is 5. The Balaban J connectivity index is 1.61. The Morgan fingerprint density at radius 1 is 0.969 bits per heavy atom. The molecule has 8 nitrogen and oxygen atoms in total. The first-order valence-electron chi connectivity index (χ1n) is 10.1. The van der Waals surface area contributed by atoms with Crippen LogP contribution in [-0.4, -0.2) is 31.6 Å². The van der Waals surface area contributed by atoms with Crippen LogP contribution in [-0.2, 0) is 6.54 Å². The number of nitrogen functional groups attached to an aromatic ring is 1. The number of imidazole rings is 1. The Morgan fingerprint density at radius 2 is 1.84 bits per heavy atom. The van der Waals surface area contributed by atoms with Gasteiger partial charge in [-0.3, -0.25) is 9.55 Å². The lowest BCUT2D eigenvalue weighted by molar-refractivity contribution is 0.419. The first-order valence-corrected chi connectivity index (χ1v) is 10.1. The van der Waals surface area contributed by atoms with Crippen LogP contribution in [0.25, 0.3) is 28.1 Å². The summed E-state index contributed by atoms with van der Waals surface area (Å²) in [6.45, 7) is 0.615. The Hall–Kier alpha value is -4.46. The molecule has 8 heteroatoms. The topological polar surface area (TPSA) is 104 Å². The van der Waals surface area contributed by atoms with E-state index in [1.54, 1.807) is 24.1 Å². The minimum atomic E-state index is 0.284. The number of ether oxygens (including phenoxy) is 1. The van der Waals surface area contributed by atoms with Gasteiger partial charge in [0.25, 0.3) is 0 Å². The fourth-order valence-electron chi connectivity index (χ4n) is 3.51. The number of fused-ring (bicyclic) bond motifs is 1. The summed E-state index contributed by atoms with van der Waals surface area (Å²) >= 11 is 0. The molecule has 0 atom stereocenters. The average molecular weight is 423 g/mol. The van der Waals surface area contributed by atoms with Crippen LogP contribution < -0.4 is 15.8 Å². The molecule has 0 unspecified atom stereocenters. The van der Waals surface area contributed by atoms with Crippen LogP contribution in [0, 0.1) is 0 Å². The summed E-state index contributed by atoms with van der Waals surface area (Å²) < 4.78 is 7.23. The molecule has 0 aliphatic heterocycles. The van der Waals surface area contributed by atoms with Gasteiger partial charge in [0, 0.05) is 36.1 Å². The Bertz CT molecular complexity index is 1370. The molecular weight excluding hydrogens is 402 g/mol. The van der Waals surface area contributed by atoms with Crippen molar-refractivity contribution in [2.75, 3.05) is 18.2 Å². The second-order valence-electron chi connectivity index (χ2n) is 7.16. The van der Waals surface area contributed by atoms with Crippen molar-refractivity contribution in [1.82, 2.24) is 24.5 Å². The van der Waals surface area contributed by atoms with E-state index in [0.717, 1.165) is 16.5 Å². The highest BCUT2D eigenvalue weighted by atomic mass is 16.5. The van der Waals surface area contributed by atoms with Crippen molar-refractivity contribution in [3.05, 3.63) is 84.8 Å². The van der Waals surface area contributed by atoms with E-state index in [0.29, 0.717) is 35.3 Å². The molecule has 0 saturated carbocycles. The summed E-state index contributed by atoms with van der Waals surface area (Å²) in [6, 6.07) is 19.7. The fourth-order valence-corrected chi connectivity index (χ4v) is 3.51. The minimum Gasteiger partial charge on any atom is -0.494 e. The van der Waals surface area contributed by atoms with E-state index >= 15 is 0 Å². The van der Waals surface area contributed by atoms with Gasteiger partial charge in [-0.05, 0) is 29.8 Å². The zero-order valence-corrected chi connectivity index (χ0v) is 17.4. The summed E-state index contributed by atoms with van der Waals surface area (Å²) in [4.78, 5) is 18.2. The summed E-state index contributed by atoms with van der Waals surface area (Å²) in [6.07, 6.45) is 5.26. The number of aromatic nitrogens is 5. The van der Waals surface area contributed by atoms with E-state index in [-0.39, 0.29) is 5.95 Å². The van der Waals surface area contributed by atoms with Crippen molar-refractivity contribution >= 4 is 22.7 Å². The van der Waals surface area contributed by atoms with E-state index in [4.69, 9.17) is 20.4 Å². The van der Waals surface area contributed by atoms with E-state index in [1.165, 1.54) is 0 Å². The molecule has 5 rings (SSSR count). The summed E-state index contributed by atoms with van der Waals surface area (Å²) in [5, 5.41) is 4.29. The van der Waals surface area contributed by atoms with Gasteiger partial charge >= 0.3 is 0 Å². The minimum absolute atomic E-state index is 0.284. The largest absolute Gasteiger partial charge is 0.494 e. The standard InChI is InChI=1S/C24H21N7O/c1-32-20-11-5-10-18-21(20)29-24(30-22(18)27-13-16-7-3-2-4-8-16)31-15-19(28-23(31)25)17-9-6-12-26-14-17/h2-12,14-15H,13H2,1H3,(H2,25,28)(H,27,29,30). The van der Waals surface area contributed by atoms with Crippen molar-refractivity contribution in [3.8, 4) is 23.0 Å². The number of nitrogens with one attached hydrogen (secondary N) is 1. The van der Waals surface area contributed by atoms with Crippen molar-refractivity contribution < 1.29 is 4.74 Å². The molecule has 2 aromatic carbocycles. The Labute approximate surface area is 184 Å². The summed E-state index contributed by atoms with van der Waals surface area (Å²) in [7, 11) is 1.62. The number of pyridine rings is 1. The molecule has 0 spiro atoms. The van der Waals surface area contributed by atoms with Gasteiger partial charge in [0.1, 0.15) is 17.1 Å². The van der Waals surface area contributed by atoms with Crippen molar-refractivity contribution in [2.24, 2.45) is 0 Å². The smallest absolute Gasteiger partial charge is 0.239 e. The quantitative estimate of drug-likeness (QED) is 0.424. The number of hydrogen-bond acceptors (Lipinski definition) is 7. The van der Waals surface area contributed by atoms with Crippen molar-refractivity contribution in [1.29, 1.82) is 0 Å². The molecule has 158 valence electrons. The SMILES string of the molecule is COc1cccc2c(NCc3ccccc3)nc(-n3cc(-c4cccnc4)nc3N)nc12. The van der Waals surface area contributed by atoms with E-state index in [9.17, 15) is 0 Å². The van der Waals surface area contributed by atoms with Gasteiger partial charge in [0.15, 0.2) is 0 Å². The monoisotopic (exact) mass is 423 g/mol. The predicted molar refractivity (Wildman–Crippen MR) is 125 cm³/mol. The van der Waals surface area contributed by atoms with Gasteiger partial charge < -0.3 is 15.8 Å². The number of hydrogen-bond donors (Lipinski definition) is 2. The van der Waals surface area contributed by atoms with Gasteiger partial charge in [-0.25, -0.2) is 9.97 Å². The number of nitrogens with two attached hydrogens (primary N) is 1. The lowest BCUT2D eigenvalue weighted by atomic mass is 10.2. The molecule has 3 N–H and O–H groups in total. The van der Waals surface area contributed by atoms with Crippen LogP contribution in [0.15, 0.2) is 79.3 Å².